The summed E-state index contributed by atoms with van der Waals surface area (Å²) in [4.78, 5) is 14.2. The fourth-order valence-corrected chi connectivity index (χ4v) is 2.65. The average Bonchev–Trinajstić information content (AvgIpc) is 2.76. The number of hydrogen-bond acceptors (Lipinski definition) is 3. The molecule has 0 saturated heterocycles. The van der Waals surface area contributed by atoms with E-state index in [9.17, 15) is 4.79 Å². The number of benzene rings is 1. The van der Waals surface area contributed by atoms with Gasteiger partial charge in [0, 0.05) is 4.88 Å². The van der Waals surface area contributed by atoms with E-state index in [1.165, 1.54) is 11.3 Å². The van der Waals surface area contributed by atoms with Crippen LogP contribution in [0.1, 0.15) is 27.0 Å². The van der Waals surface area contributed by atoms with Crippen molar-refractivity contribution in [1.82, 2.24) is 0 Å². The molecule has 1 aromatic heterocycles. The zero-order valence-electron chi connectivity index (χ0n) is 9.94. The third-order valence-electron chi connectivity index (χ3n) is 2.81. The van der Waals surface area contributed by atoms with Crippen molar-refractivity contribution in [1.29, 1.82) is 0 Å². The Bertz CT molecular complexity index is 528. The molecular weight excluding hydrogens is 230 g/mol. The Balaban J connectivity index is 2.36. The molecule has 0 aliphatic carbocycles. The highest BCUT2D eigenvalue weighted by Gasteiger charge is 2.31. The van der Waals surface area contributed by atoms with Crippen LogP contribution >= 0.6 is 11.3 Å². The molecule has 0 amide bonds. The minimum atomic E-state index is -0.960. The van der Waals surface area contributed by atoms with Gasteiger partial charge in [-0.1, -0.05) is 30.3 Å². The van der Waals surface area contributed by atoms with Crippen molar-refractivity contribution >= 4 is 17.1 Å². The Labute approximate surface area is 105 Å². The van der Waals surface area contributed by atoms with Crippen LogP contribution < -0.4 is 5.73 Å². The zero-order chi connectivity index (χ0) is 12.5. The van der Waals surface area contributed by atoms with E-state index in [1.807, 2.05) is 49.4 Å². The second-order valence-electron chi connectivity index (χ2n) is 4.31. The lowest BCUT2D eigenvalue weighted by atomic mass is 9.88. The van der Waals surface area contributed by atoms with E-state index in [0.717, 1.165) is 15.3 Å². The highest BCUT2D eigenvalue weighted by molar-refractivity contribution is 7.14. The van der Waals surface area contributed by atoms with Crippen molar-refractivity contribution < 1.29 is 4.79 Å². The SMILES string of the molecule is Cc1ccc(C(=O)C(C)(N)c2ccccc2)s1. The molecule has 17 heavy (non-hydrogen) atoms. The summed E-state index contributed by atoms with van der Waals surface area (Å²) in [5.41, 5.74) is 6.06. The number of Topliss-reactive ketones (excluding diaryl/α,β-unsaturated/α-hetero) is 1. The molecule has 0 radical (unpaired) electrons. The monoisotopic (exact) mass is 245 g/mol. The van der Waals surface area contributed by atoms with E-state index in [0.29, 0.717) is 0 Å². The summed E-state index contributed by atoms with van der Waals surface area (Å²) < 4.78 is 0. The molecule has 88 valence electrons. The third kappa shape index (κ3) is 2.30. The first-order valence-electron chi connectivity index (χ1n) is 5.47. The van der Waals surface area contributed by atoms with Gasteiger partial charge in [0.05, 0.1) is 4.88 Å². The van der Waals surface area contributed by atoms with E-state index in [4.69, 9.17) is 5.73 Å². The van der Waals surface area contributed by atoms with Crippen molar-refractivity contribution in [2.75, 3.05) is 0 Å². The number of thiophene rings is 1. The van der Waals surface area contributed by atoms with Crippen molar-refractivity contribution in [2.45, 2.75) is 19.4 Å². The van der Waals surface area contributed by atoms with Crippen LogP contribution in [-0.4, -0.2) is 5.78 Å². The van der Waals surface area contributed by atoms with Crippen LogP contribution in [0.3, 0.4) is 0 Å². The van der Waals surface area contributed by atoms with E-state index < -0.39 is 5.54 Å². The average molecular weight is 245 g/mol. The smallest absolute Gasteiger partial charge is 0.196 e. The molecule has 3 heteroatoms. The molecular formula is C14H15NOS. The Morgan fingerprint density at radius 1 is 1.18 bits per heavy atom. The van der Waals surface area contributed by atoms with Crippen LogP contribution in [0, 0.1) is 6.92 Å². The van der Waals surface area contributed by atoms with Crippen molar-refractivity contribution in [3.8, 4) is 0 Å². The number of nitrogens with two attached hydrogens (primary N) is 1. The predicted octanol–water partition coefficient (Wildman–Crippen LogP) is 3.11. The lowest BCUT2D eigenvalue weighted by Gasteiger charge is -2.22. The van der Waals surface area contributed by atoms with Gasteiger partial charge >= 0.3 is 0 Å². The Morgan fingerprint density at radius 3 is 2.35 bits per heavy atom. The first-order valence-corrected chi connectivity index (χ1v) is 6.29. The molecule has 1 heterocycles. The predicted molar refractivity (Wildman–Crippen MR) is 71.4 cm³/mol. The maximum absolute atomic E-state index is 12.4. The van der Waals surface area contributed by atoms with Gasteiger partial charge in [0.25, 0.3) is 0 Å². The molecule has 2 nitrogen and oxygen atoms in total. The summed E-state index contributed by atoms with van der Waals surface area (Å²) in [6.07, 6.45) is 0. The normalized spacial score (nSPS) is 14.3. The highest BCUT2D eigenvalue weighted by Crippen LogP contribution is 2.26. The Hall–Kier alpha value is -1.45. The number of hydrogen-bond donors (Lipinski definition) is 1. The van der Waals surface area contributed by atoms with Crippen molar-refractivity contribution in [3.05, 3.63) is 57.8 Å². The molecule has 0 spiro atoms. The lowest BCUT2D eigenvalue weighted by Crippen LogP contribution is -2.41. The molecule has 1 aromatic carbocycles. The van der Waals surface area contributed by atoms with Gasteiger partial charge < -0.3 is 5.73 Å². The molecule has 2 aromatic rings. The van der Waals surface area contributed by atoms with Gasteiger partial charge in [-0.15, -0.1) is 11.3 Å². The second-order valence-corrected chi connectivity index (χ2v) is 5.60. The van der Waals surface area contributed by atoms with Crippen LogP contribution in [0.2, 0.25) is 0 Å². The first-order chi connectivity index (χ1) is 8.01. The molecule has 2 rings (SSSR count). The van der Waals surface area contributed by atoms with Crippen molar-refractivity contribution in [3.63, 3.8) is 0 Å². The molecule has 0 aliphatic heterocycles. The second kappa shape index (κ2) is 4.43. The fourth-order valence-electron chi connectivity index (χ4n) is 1.73. The molecule has 0 bridgehead atoms. The van der Waals surface area contributed by atoms with Gasteiger partial charge in [0.2, 0.25) is 0 Å². The first kappa shape index (κ1) is 12.0. The van der Waals surface area contributed by atoms with Gasteiger partial charge in [-0.25, -0.2) is 0 Å². The van der Waals surface area contributed by atoms with Gasteiger partial charge in [0.15, 0.2) is 5.78 Å². The highest BCUT2D eigenvalue weighted by atomic mass is 32.1. The summed E-state index contributed by atoms with van der Waals surface area (Å²) in [5.74, 6) is -0.0261. The minimum Gasteiger partial charge on any atom is -0.315 e. The fraction of sp³-hybridized carbons (Fsp3) is 0.214. The number of aryl methyl sites for hydroxylation is 1. The summed E-state index contributed by atoms with van der Waals surface area (Å²) in [5, 5.41) is 0. The van der Waals surface area contributed by atoms with Crippen molar-refractivity contribution in [2.24, 2.45) is 5.73 Å². The third-order valence-corrected chi connectivity index (χ3v) is 3.81. The summed E-state index contributed by atoms with van der Waals surface area (Å²) in [7, 11) is 0. The lowest BCUT2D eigenvalue weighted by molar-refractivity contribution is 0.0904. The number of carbonyl (C=O) groups excluding carboxylic acids is 1. The topological polar surface area (TPSA) is 43.1 Å². The standard InChI is InChI=1S/C14H15NOS/c1-10-8-9-12(17-10)13(16)14(2,15)11-6-4-3-5-7-11/h3-9H,15H2,1-2H3. The number of carbonyl (C=O) groups is 1. The van der Waals surface area contributed by atoms with Crippen LogP contribution in [-0.2, 0) is 5.54 Å². The van der Waals surface area contributed by atoms with Gasteiger partial charge in [-0.05, 0) is 31.5 Å². The van der Waals surface area contributed by atoms with Crippen LogP contribution in [0.4, 0.5) is 0 Å². The van der Waals surface area contributed by atoms with E-state index in [2.05, 4.69) is 0 Å². The molecule has 0 saturated carbocycles. The summed E-state index contributed by atoms with van der Waals surface area (Å²) in [6.45, 7) is 3.75. The van der Waals surface area contributed by atoms with E-state index in [1.54, 1.807) is 6.92 Å². The Morgan fingerprint density at radius 2 is 1.82 bits per heavy atom. The molecule has 1 atom stereocenters. The zero-order valence-corrected chi connectivity index (χ0v) is 10.8. The largest absolute Gasteiger partial charge is 0.315 e. The number of rotatable bonds is 3. The summed E-state index contributed by atoms with van der Waals surface area (Å²) >= 11 is 1.49. The molecule has 0 aliphatic rings. The van der Waals surface area contributed by atoms with Crippen LogP contribution in [0.5, 0.6) is 0 Å². The van der Waals surface area contributed by atoms with Crippen LogP contribution in [0.25, 0.3) is 0 Å². The quantitative estimate of drug-likeness (QED) is 0.844. The van der Waals surface area contributed by atoms with Crippen LogP contribution in [0.15, 0.2) is 42.5 Å². The minimum absolute atomic E-state index is 0.0261. The Kier molecular flexibility index (Phi) is 3.13. The number of ketones is 1. The molecule has 1 unspecified atom stereocenters. The molecule has 0 fully saturated rings. The maximum atomic E-state index is 12.4. The van der Waals surface area contributed by atoms with Gasteiger partial charge in [-0.2, -0.15) is 0 Å². The summed E-state index contributed by atoms with van der Waals surface area (Å²) in [6, 6.07) is 13.3. The van der Waals surface area contributed by atoms with E-state index >= 15 is 0 Å². The van der Waals surface area contributed by atoms with E-state index in [-0.39, 0.29) is 5.78 Å². The molecule has 2 N–H and O–H groups in total. The maximum Gasteiger partial charge on any atom is 0.196 e. The van der Waals surface area contributed by atoms with Gasteiger partial charge in [0.1, 0.15) is 5.54 Å². The van der Waals surface area contributed by atoms with Gasteiger partial charge in [-0.3, -0.25) is 4.79 Å².